The van der Waals surface area contributed by atoms with E-state index in [-0.39, 0.29) is 0 Å². The average molecular weight is 160 g/mol. The maximum Gasteiger partial charge on any atom is 0.157 e. The van der Waals surface area contributed by atoms with Crippen LogP contribution in [0.5, 0.6) is 0 Å². The number of aromatic nitrogens is 3. The van der Waals surface area contributed by atoms with Crippen LogP contribution in [-0.4, -0.2) is 15.4 Å². The maximum absolute atomic E-state index is 5.61. The monoisotopic (exact) mass is 160 g/mol. The molecule has 0 atom stereocenters. The van der Waals surface area contributed by atoms with Crippen LogP contribution in [0.4, 0.5) is 5.82 Å². The zero-order chi connectivity index (χ0) is 8.55. The second-order valence-electron chi connectivity index (χ2n) is 2.65. The first-order chi connectivity index (χ1) is 5.79. The molecule has 0 spiro atoms. The van der Waals surface area contributed by atoms with E-state index in [2.05, 4.69) is 15.4 Å². The molecule has 2 rings (SSSR count). The van der Waals surface area contributed by atoms with Crippen LogP contribution < -0.4 is 5.73 Å². The Morgan fingerprint density at radius 2 is 2.08 bits per heavy atom. The molecule has 0 amide bonds. The van der Waals surface area contributed by atoms with Gasteiger partial charge in [0.15, 0.2) is 5.82 Å². The molecular weight excluding hydrogens is 152 g/mol. The molecule has 0 aliphatic rings. The van der Waals surface area contributed by atoms with Gasteiger partial charge in [-0.2, -0.15) is 0 Å². The molecular formula is C8H8N4. The van der Waals surface area contributed by atoms with Crippen LogP contribution in [0.25, 0.3) is 10.9 Å². The Balaban J connectivity index is 2.94. The fourth-order valence-electron chi connectivity index (χ4n) is 1.17. The minimum atomic E-state index is 0.434. The van der Waals surface area contributed by atoms with Crippen molar-refractivity contribution in [3.05, 3.63) is 23.8 Å². The van der Waals surface area contributed by atoms with Gasteiger partial charge < -0.3 is 5.73 Å². The van der Waals surface area contributed by atoms with Crippen molar-refractivity contribution in [1.29, 1.82) is 0 Å². The molecule has 0 aliphatic heterocycles. The van der Waals surface area contributed by atoms with Gasteiger partial charge in [0.1, 0.15) is 5.52 Å². The highest BCUT2D eigenvalue weighted by atomic mass is 15.3. The summed E-state index contributed by atoms with van der Waals surface area (Å²) in [5.41, 5.74) is 7.50. The van der Waals surface area contributed by atoms with Crippen LogP contribution in [0.3, 0.4) is 0 Å². The van der Waals surface area contributed by atoms with Crippen LogP contribution in [0, 0.1) is 6.92 Å². The zero-order valence-corrected chi connectivity index (χ0v) is 6.65. The van der Waals surface area contributed by atoms with Crippen molar-refractivity contribution in [2.75, 3.05) is 5.73 Å². The lowest BCUT2D eigenvalue weighted by molar-refractivity contribution is 0.901. The summed E-state index contributed by atoms with van der Waals surface area (Å²) >= 11 is 0. The van der Waals surface area contributed by atoms with E-state index in [1.54, 1.807) is 0 Å². The zero-order valence-electron chi connectivity index (χ0n) is 6.65. The molecule has 0 bridgehead atoms. The van der Waals surface area contributed by atoms with Crippen molar-refractivity contribution in [1.82, 2.24) is 15.4 Å². The molecule has 0 fully saturated rings. The largest absolute Gasteiger partial charge is 0.382 e. The molecule has 4 heteroatoms. The molecule has 2 N–H and O–H groups in total. The van der Waals surface area contributed by atoms with Crippen LogP contribution in [-0.2, 0) is 0 Å². The predicted molar refractivity (Wildman–Crippen MR) is 46.5 cm³/mol. The van der Waals surface area contributed by atoms with E-state index in [4.69, 9.17) is 5.73 Å². The third-order valence-corrected chi connectivity index (χ3v) is 1.81. The molecule has 0 saturated carbocycles. The second-order valence-corrected chi connectivity index (χ2v) is 2.65. The Morgan fingerprint density at radius 1 is 1.25 bits per heavy atom. The highest BCUT2D eigenvalue weighted by Crippen LogP contribution is 2.17. The molecule has 0 radical (unpaired) electrons. The molecule has 0 unspecified atom stereocenters. The summed E-state index contributed by atoms with van der Waals surface area (Å²) in [5.74, 6) is 0.434. The molecule has 1 aromatic heterocycles. The number of hydrogen-bond donors (Lipinski definition) is 1. The van der Waals surface area contributed by atoms with E-state index in [9.17, 15) is 0 Å². The van der Waals surface area contributed by atoms with Crippen molar-refractivity contribution in [3.8, 4) is 0 Å². The Hall–Kier alpha value is -1.71. The summed E-state index contributed by atoms with van der Waals surface area (Å²) in [5, 5.41) is 12.0. The number of nitrogen functional groups attached to an aromatic ring is 1. The first-order valence-corrected chi connectivity index (χ1v) is 3.63. The first-order valence-electron chi connectivity index (χ1n) is 3.63. The quantitative estimate of drug-likeness (QED) is 0.622. The number of fused-ring (bicyclic) bond motifs is 1. The minimum Gasteiger partial charge on any atom is -0.382 e. The summed E-state index contributed by atoms with van der Waals surface area (Å²) in [7, 11) is 0. The van der Waals surface area contributed by atoms with Crippen molar-refractivity contribution in [3.63, 3.8) is 0 Å². The van der Waals surface area contributed by atoms with Crippen molar-refractivity contribution >= 4 is 16.7 Å². The van der Waals surface area contributed by atoms with Crippen molar-refractivity contribution in [2.45, 2.75) is 6.92 Å². The van der Waals surface area contributed by atoms with E-state index in [0.29, 0.717) is 5.82 Å². The fourth-order valence-corrected chi connectivity index (χ4v) is 1.17. The minimum absolute atomic E-state index is 0.434. The van der Waals surface area contributed by atoms with Crippen LogP contribution in [0.15, 0.2) is 18.2 Å². The van der Waals surface area contributed by atoms with Gasteiger partial charge in [-0.3, -0.25) is 0 Å². The Kier molecular flexibility index (Phi) is 1.40. The first kappa shape index (κ1) is 6.97. The van der Waals surface area contributed by atoms with Gasteiger partial charge >= 0.3 is 0 Å². The number of rotatable bonds is 0. The van der Waals surface area contributed by atoms with Crippen molar-refractivity contribution < 1.29 is 0 Å². The lowest BCUT2D eigenvalue weighted by Crippen LogP contribution is -1.97. The summed E-state index contributed by atoms with van der Waals surface area (Å²) in [6, 6.07) is 5.78. The number of nitrogens with zero attached hydrogens (tertiary/aromatic N) is 3. The number of aryl methyl sites for hydroxylation is 1. The van der Waals surface area contributed by atoms with E-state index >= 15 is 0 Å². The summed E-state index contributed by atoms with van der Waals surface area (Å²) in [4.78, 5) is 0. The van der Waals surface area contributed by atoms with E-state index in [1.165, 1.54) is 0 Å². The predicted octanol–water partition coefficient (Wildman–Crippen LogP) is 0.915. The highest BCUT2D eigenvalue weighted by molar-refractivity contribution is 5.89. The van der Waals surface area contributed by atoms with Gasteiger partial charge in [0.25, 0.3) is 0 Å². The third-order valence-electron chi connectivity index (χ3n) is 1.81. The Morgan fingerprint density at radius 3 is 2.83 bits per heavy atom. The Labute approximate surface area is 69.4 Å². The van der Waals surface area contributed by atoms with Gasteiger partial charge in [-0.15, -0.1) is 10.2 Å². The topological polar surface area (TPSA) is 64.7 Å². The molecule has 60 valence electrons. The van der Waals surface area contributed by atoms with Crippen molar-refractivity contribution in [2.24, 2.45) is 0 Å². The SMILES string of the molecule is Cc1cccc2c(N)nnnc12. The van der Waals surface area contributed by atoms with Gasteiger partial charge in [-0.05, 0) is 23.8 Å². The summed E-state index contributed by atoms with van der Waals surface area (Å²) in [6.07, 6.45) is 0. The van der Waals surface area contributed by atoms with E-state index in [1.807, 2.05) is 25.1 Å². The number of anilines is 1. The normalized spacial score (nSPS) is 10.4. The molecule has 1 heterocycles. The summed E-state index contributed by atoms with van der Waals surface area (Å²) in [6.45, 7) is 1.97. The fraction of sp³-hybridized carbons (Fsp3) is 0.125. The number of benzene rings is 1. The smallest absolute Gasteiger partial charge is 0.157 e. The molecule has 0 aliphatic carbocycles. The van der Waals surface area contributed by atoms with Crippen LogP contribution in [0.2, 0.25) is 0 Å². The van der Waals surface area contributed by atoms with Crippen LogP contribution in [0.1, 0.15) is 5.56 Å². The Bertz CT molecular complexity index is 383. The maximum atomic E-state index is 5.61. The van der Waals surface area contributed by atoms with Gasteiger partial charge in [-0.1, -0.05) is 12.1 Å². The second kappa shape index (κ2) is 2.41. The van der Waals surface area contributed by atoms with E-state index < -0.39 is 0 Å². The van der Waals surface area contributed by atoms with Gasteiger partial charge in [0.2, 0.25) is 0 Å². The third kappa shape index (κ3) is 0.887. The summed E-state index contributed by atoms with van der Waals surface area (Å²) < 4.78 is 0. The highest BCUT2D eigenvalue weighted by Gasteiger charge is 2.01. The standard InChI is InChI=1S/C8H8N4/c1-5-3-2-4-6-7(5)10-12-11-8(6)9/h2-4H,1H3,(H2,9,10,11). The molecule has 4 nitrogen and oxygen atoms in total. The number of nitrogens with two attached hydrogens (primary N) is 1. The lowest BCUT2D eigenvalue weighted by Gasteiger charge is -1.99. The van der Waals surface area contributed by atoms with Gasteiger partial charge in [0, 0.05) is 5.39 Å². The van der Waals surface area contributed by atoms with Gasteiger partial charge in [-0.25, -0.2) is 0 Å². The molecule has 0 saturated heterocycles. The number of hydrogen-bond acceptors (Lipinski definition) is 4. The van der Waals surface area contributed by atoms with Crippen LogP contribution >= 0.6 is 0 Å². The molecule has 2 aromatic rings. The lowest BCUT2D eigenvalue weighted by atomic mass is 10.1. The average Bonchev–Trinajstić information content (AvgIpc) is 2.07. The van der Waals surface area contributed by atoms with Gasteiger partial charge in [0.05, 0.1) is 0 Å². The van der Waals surface area contributed by atoms with E-state index in [0.717, 1.165) is 16.5 Å². The molecule has 1 aromatic carbocycles. The molecule has 12 heavy (non-hydrogen) atoms.